The van der Waals surface area contributed by atoms with Crippen LogP contribution in [0.25, 0.3) is 0 Å². The summed E-state index contributed by atoms with van der Waals surface area (Å²) in [6, 6.07) is 9.43. The Bertz CT molecular complexity index is 502. The molecule has 0 aromatic heterocycles. The number of nitrogens with one attached hydrogen (secondary N) is 2. The second-order valence-corrected chi connectivity index (χ2v) is 6.04. The second-order valence-electron chi connectivity index (χ2n) is 6.04. The number of amides is 2. The van der Waals surface area contributed by atoms with E-state index in [9.17, 15) is 4.79 Å². The Morgan fingerprint density at radius 3 is 2.52 bits per heavy atom. The van der Waals surface area contributed by atoms with Gasteiger partial charge >= 0.3 is 6.03 Å². The fourth-order valence-corrected chi connectivity index (χ4v) is 2.03. The van der Waals surface area contributed by atoms with Gasteiger partial charge in [-0.2, -0.15) is 5.26 Å². The smallest absolute Gasteiger partial charge is 0.316 e. The minimum atomic E-state index is -0.562. The zero-order valence-corrected chi connectivity index (χ0v) is 12.9. The third kappa shape index (κ3) is 6.28. The molecular weight excluding hydrogens is 264 g/mol. The number of anilines is 1. The number of nitriles is 1. The first-order valence-corrected chi connectivity index (χ1v) is 7.11. The molecular formula is C16H24N4O. The molecule has 21 heavy (non-hydrogen) atoms. The van der Waals surface area contributed by atoms with Crippen LogP contribution in [-0.4, -0.2) is 12.6 Å². The molecule has 0 fully saturated rings. The molecule has 1 aromatic carbocycles. The summed E-state index contributed by atoms with van der Waals surface area (Å²) in [5.41, 5.74) is 6.99. The Hall–Kier alpha value is -2.06. The highest BCUT2D eigenvalue weighted by Gasteiger charge is 2.18. The van der Waals surface area contributed by atoms with Gasteiger partial charge in [-0.05, 0) is 36.5 Å². The van der Waals surface area contributed by atoms with Crippen molar-refractivity contribution in [3.63, 3.8) is 0 Å². The molecule has 0 heterocycles. The molecule has 0 saturated heterocycles. The summed E-state index contributed by atoms with van der Waals surface area (Å²) in [6.07, 6.45) is 1.46. The number of urea groups is 1. The van der Waals surface area contributed by atoms with Crippen molar-refractivity contribution >= 4 is 11.7 Å². The molecule has 0 aliphatic heterocycles. The standard InChI is InChI=1S/C16H24N4O/c1-12(19-11-16(2,3)9-4-10-17)13-5-7-14(8-6-13)20-15(18)21/h5-8,12,19H,4,9,11H2,1-3H3,(H3,18,20,21). The Morgan fingerprint density at radius 2 is 2.00 bits per heavy atom. The second kappa shape index (κ2) is 7.65. The maximum absolute atomic E-state index is 10.8. The number of nitrogens with zero attached hydrogens (tertiary/aromatic N) is 1. The monoisotopic (exact) mass is 288 g/mol. The van der Waals surface area contributed by atoms with Crippen molar-refractivity contribution in [2.24, 2.45) is 11.1 Å². The molecule has 1 rings (SSSR count). The lowest BCUT2D eigenvalue weighted by atomic mass is 9.87. The van der Waals surface area contributed by atoms with Crippen LogP contribution in [0.1, 0.15) is 45.2 Å². The summed E-state index contributed by atoms with van der Waals surface area (Å²) in [5, 5.41) is 14.7. The Kier molecular flexibility index (Phi) is 6.19. The van der Waals surface area contributed by atoms with E-state index in [-0.39, 0.29) is 11.5 Å². The molecule has 2 amide bonds. The van der Waals surface area contributed by atoms with Gasteiger partial charge in [-0.3, -0.25) is 0 Å². The molecule has 114 valence electrons. The van der Waals surface area contributed by atoms with Crippen molar-refractivity contribution in [2.45, 2.75) is 39.7 Å². The zero-order chi connectivity index (χ0) is 15.9. The molecule has 1 unspecified atom stereocenters. The first-order chi connectivity index (χ1) is 9.84. The van der Waals surface area contributed by atoms with Gasteiger partial charge in [0.1, 0.15) is 0 Å². The van der Waals surface area contributed by atoms with E-state index in [4.69, 9.17) is 11.0 Å². The van der Waals surface area contributed by atoms with Crippen molar-refractivity contribution in [1.29, 1.82) is 5.26 Å². The summed E-state index contributed by atoms with van der Waals surface area (Å²) < 4.78 is 0. The van der Waals surface area contributed by atoms with E-state index in [2.05, 4.69) is 37.5 Å². The van der Waals surface area contributed by atoms with Crippen LogP contribution in [0.15, 0.2) is 24.3 Å². The lowest BCUT2D eigenvalue weighted by Gasteiger charge is -2.26. The molecule has 4 N–H and O–H groups in total. The summed E-state index contributed by atoms with van der Waals surface area (Å²) in [5.74, 6) is 0. The number of rotatable bonds is 7. The predicted molar refractivity (Wildman–Crippen MR) is 84.7 cm³/mol. The van der Waals surface area contributed by atoms with E-state index >= 15 is 0 Å². The summed E-state index contributed by atoms with van der Waals surface area (Å²) in [6.45, 7) is 7.25. The lowest BCUT2D eigenvalue weighted by Crippen LogP contribution is -2.31. The number of hydrogen-bond donors (Lipinski definition) is 3. The number of carbonyl (C=O) groups is 1. The normalized spacial score (nSPS) is 12.5. The van der Waals surface area contributed by atoms with E-state index in [1.54, 1.807) is 0 Å². The molecule has 0 aliphatic rings. The van der Waals surface area contributed by atoms with E-state index < -0.39 is 6.03 Å². The van der Waals surface area contributed by atoms with Crippen molar-refractivity contribution < 1.29 is 4.79 Å². The lowest BCUT2D eigenvalue weighted by molar-refractivity contribution is 0.259. The minimum Gasteiger partial charge on any atom is -0.351 e. The van der Waals surface area contributed by atoms with Gasteiger partial charge in [0.25, 0.3) is 0 Å². The maximum Gasteiger partial charge on any atom is 0.316 e. The number of nitrogens with two attached hydrogens (primary N) is 1. The molecule has 0 aliphatic carbocycles. The van der Waals surface area contributed by atoms with E-state index in [0.29, 0.717) is 12.1 Å². The number of carbonyl (C=O) groups excluding carboxylic acids is 1. The van der Waals surface area contributed by atoms with Crippen LogP contribution in [0, 0.1) is 16.7 Å². The molecule has 0 saturated carbocycles. The topological polar surface area (TPSA) is 90.9 Å². The molecule has 0 radical (unpaired) electrons. The van der Waals surface area contributed by atoms with E-state index in [1.807, 2.05) is 24.3 Å². The van der Waals surface area contributed by atoms with Gasteiger partial charge in [-0.15, -0.1) is 0 Å². The third-order valence-corrected chi connectivity index (χ3v) is 3.48. The fraction of sp³-hybridized carbons (Fsp3) is 0.500. The first kappa shape index (κ1) is 17.0. The summed E-state index contributed by atoms with van der Waals surface area (Å²) in [7, 11) is 0. The summed E-state index contributed by atoms with van der Waals surface area (Å²) in [4.78, 5) is 10.8. The molecule has 5 heteroatoms. The van der Waals surface area contributed by atoms with E-state index in [1.165, 1.54) is 0 Å². The SMILES string of the molecule is CC(NCC(C)(C)CCC#N)c1ccc(NC(N)=O)cc1. The van der Waals surface area contributed by atoms with E-state index in [0.717, 1.165) is 18.5 Å². The number of primary amides is 1. The quantitative estimate of drug-likeness (QED) is 0.719. The van der Waals surface area contributed by atoms with Crippen molar-refractivity contribution in [3.8, 4) is 6.07 Å². The fourth-order valence-electron chi connectivity index (χ4n) is 2.03. The van der Waals surface area contributed by atoms with Gasteiger partial charge in [0.2, 0.25) is 0 Å². The average Bonchev–Trinajstić information content (AvgIpc) is 2.43. The largest absolute Gasteiger partial charge is 0.351 e. The highest BCUT2D eigenvalue weighted by Crippen LogP contribution is 2.23. The number of hydrogen-bond acceptors (Lipinski definition) is 3. The van der Waals surface area contributed by atoms with Crippen LogP contribution in [0.2, 0.25) is 0 Å². The number of benzene rings is 1. The highest BCUT2D eigenvalue weighted by molar-refractivity contribution is 5.87. The van der Waals surface area contributed by atoms with Crippen molar-refractivity contribution in [2.75, 3.05) is 11.9 Å². The van der Waals surface area contributed by atoms with Gasteiger partial charge in [0, 0.05) is 24.7 Å². The van der Waals surface area contributed by atoms with Crippen LogP contribution in [0.4, 0.5) is 10.5 Å². The third-order valence-electron chi connectivity index (χ3n) is 3.48. The first-order valence-electron chi connectivity index (χ1n) is 7.11. The molecule has 5 nitrogen and oxygen atoms in total. The Morgan fingerprint density at radius 1 is 1.38 bits per heavy atom. The molecule has 1 aromatic rings. The van der Waals surface area contributed by atoms with Gasteiger partial charge in [-0.1, -0.05) is 26.0 Å². The Balaban J connectivity index is 2.54. The van der Waals surface area contributed by atoms with Gasteiger partial charge in [-0.25, -0.2) is 4.79 Å². The molecule has 1 atom stereocenters. The minimum absolute atomic E-state index is 0.0947. The predicted octanol–water partition coefficient (Wildman–Crippen LogP) is 3.16. The molecule has 0 bridgehead atoms. The van der Waals surface area contributed by atoms with Crippen LogP contribution in [0.3, 0.4) is 0 Å². The van der Waals surface area contributed by atoms with Crippen LogP contribution >= 0.6 is 0 Å². The van der Waals surface area contributed by atoms with Gasteiger partial charge in [0.15, 0.2) is 0 Å². The Labute approximate surface area is 126 Å². The van der Waals surface area contributed by atoms with Gasteiger partial charge in [0.05, 0.1) is 6.07 Å². The van der Waals surface area contributed by atoms with Crippen molar-refractivity contribution in [3.05, 3.63) is 29.8 Å². The summed E-state index contributed by atoms with van der Waals surface area (Å²) >= 11 is 0. The highest BCUT2D eigenvalue weighted by atomic mass is 16.2. The average molecular weight is 288 g/mol. The van der Waals surface area contributed by atoms with Crippen LogP contribution in [0.5, 0.6) is 0 Å². The molecule has 0 spiro atoms. The van der Waals surface area contributed by atoms with Crippen molar-refractivity contribution in [1.82, 2.24) is 5.32 Å². The zero-order valence-electron chi connectivity index (χ0n) is 12.9. The van der Waals surface area contributed by atoms with Crippen LogP contribution < -0.4 is 16.4 Å². The van der Waals surface area contributed by atoms with Gasteiger partial charge < -0.3 is 16.4 Å². The van der Waals surface area contributed by atoms with Crippen LogP contribution in [-0.2, 0) is 0 Å². The maximum atomic E-state index is 10.8.